The van der Waals surface area contributed by atoms with Gasteiger partial charge in [0.1, 0.15) is 0 Å². The van der Waals surface area contributed by atoms with Crippen molar-refractivity contribution in [1.82, 2.24) is 14.5 Å². The van der Waals surface area contributed by atoms with Gasteiger partial charge in [0.2, 0.25) is 5.95 Å². The number of nitrogens with zero attached hydrogens (tertiary/aromatic N) is 4. The second-order valence-corrected chi connectivity index (χ2v) is 14.3. The molecular formula is C53H38N4. The Bertz CT molecular complexity index is 2940. The monoisotopic (exact) mass is 730 g/mol. The van der Waals surface area contributed by atoms with E-state index in [0.29, 0.717) is 5.95 Å². The molecule has 7 aromatic carbocycles. The molecule has 0 aliphatic carbocycles. The van der Waals surface area contributed by atoms with Crippen LogP contribution in [0.15, 0.2) is 213 Å². The number of anilines is 2. The molecule has 0 unspecified atom stereocenters. The Balaban J connectivity index is 1.08. The summed E-state index contributed by atoms with van der Waals surface area (Å²) in [6, 6.07) is 62.4. The fourth-order valence-corrected chi connectivity index (χ4v) is 8.02. The van der Waals surface area contributed by atoms with E-state index in [1.54, 1.807) is 0 Å². The maximum absolute atomic E-state index is 5.27. The fraction of sp³-hybridized carbons (Fsp3) is 0.0189. The third-order valence-corrected chi connectivity index (χ3v) is 10.8. The Hall–Kier alpha value is -7.56. The average molecular weight is 731 g/mol. The summed E-state index contributed by atoms with van der Waals surface area (Å²) >= 11 is 0. The fourth-order valence-electron chi connectivity index (χ4n) is 8.02. The Morgan fingerprint density at radius 3 is 1.88 bits per heavy atom. The molecule has 9 aromatic rings. The third kappa shape index (κ3) is 6.43. The molecule has 0 saturated heterocycles. The van der Waals surface area contributed by atoms with E-state index in [9.17, 15) is 0 Å². The summed E-state index contributed by atoms with van der Waals surface area (Å²) < 4.78 is 2.19. The van der Waals surface area contributed by atoms with Gasteiger partial charge in [-0.05, 0) is 106 Å². The van der Waals surface area contributed by atoms with Crippen LogP contribution >= 0.6 is 0 Å². The zero-order valence-corrected chi connectivity index (χ0v) is 31.3. The Labute approximate surface area is 332 Å². The molecule has 1 aliphatic rings. The topological polar surface area (TPSA) is 34.0 Å². The SMILES string of the molecule is C=C1/C=C\C=C/CN(c2ccccc2)c2ccc(-c3ccc4c(c3)c3ccccc3n4-c3nccc(-c4cc(-c5ccccc5)cc(-c5ccccc5)c4)n3)cc21. The van der Waals surface area contributed by atoms with Crippen LogP contribution in [-0.2, 0) is 0 Å². The van der Waals surface area contributed by atoms with Crippen LogP contribution in [0.4, 0.5) is 11.4 Å². The number of rotatable bonds is 6. The van der Waals surface area contributed by atoms with Gasteiger partial charge in [-0.1, -0.05) is 140 Å². The molecule has 270 valence electrons. The highest BCUT2D eigenvalue weighted by Gasteiger charge is 2.19. The number of fused-ring (bicyclic) bond motifs is 4. The summed E-state index contributed by atoms with van der Waals surface area (Å²) in [5.74, 6) is 0.632. The van der Waals surface area contributed by atoms with Gasteiger partial charge in [-0.3, -0.25) is 4.57 Å². The summed E-state index contributed by atoms with van der Waals surface area (Å²) in [7, 11) is 0. The number of aromatic nitrogens is 3. The number of hydrogen-bond donors (Lipinski definition) is 0. The van der Waals surface area contributed by atoms with Crippen molar-refractivity contribution in [3.05, 3.63) is 219 Å². The molecular weight excluding hydrogens is 693 g/mol. The summed E-state index contributed by atoms with van der Waals surface area (Å²) in [6.07, 6.45) is 10.3. The van der Waals surface area contributed by atoms with Crippen molar-refractivity contribution in [2.24, 2.45) is 0 Å². The first-order chi connectivity index (χ1) is 28.2. The van der Waals surface area contributed by atoms with Gasteiger partial charge in [-0.25, -0.2) is 9.97 Å². The lowest BCUT2D eigenvalue weighted by Crippen LogP contribution is -2.18. The van der Waals surface area contributed by atoms with Crippen LogP contribution in [0, 0.1) is 0 Å². The van der Waals surface area contributed by atoms with Gasteiger partial charge in [0.25, 0.3) is 0 Å². The Morgan fingerprint density at radius 1 is 0.491 bits per heavy atom. The summed E-state index contributed by atoms with van der Waals surface area (Å²) in [4.78, 5) is 12.5. The smallest absolute Gasteiger partial charge is 0.235 e. The van der Waals surface area contributed by atoms with Crippen LogP contribution in [0.5, 0.6) is 0 Å². The van der Waals surface area contributed by atoms with Crippen LogP contribution in [0.2, 0.25) is 0 Å². The lowest BCUT2D eigenvalue weighted by molar-refractivity contribution is 0.992. The van der Waals surface area contributed by atoms with Gasteiger partial charge in [0, 0.05) is 46.0 Å². The van der Waals surface area contributed by atoms with E-state index in [1.165, 1.54) is 0 Å². The van der Waals surface area contributed by atoms with Crippen molar-refractivity contribution in [3.8, 4) is 50.6 Å². The molecule has 0 bridgehead atoms. The van der Waals surface area contributed by atoms with Gasteiger partial charge in [-0.15, -0.1) is 0 Å². The zero-order chi connectivity index (χ0) is 38.1. The molecule has 0 spiro atoms. The predicted molar refractivity (Wildman–Crippen MR) is 239 cm³/mol. The lowest BCUT2D eigenvalue weighted by atomic mass is 9.95. The zero-order valence-electron chi connectivity index (χ0n) is 31.3. The molecule has 57 heavy (non-hydrogen) atoms. The molecule has 1 aliphatic heterocycles. The minimum Gasteiger partial charge on any atom is -0.337 e. The van der Waals surface area contributed by atoms with Crippen molar-refractivity contribution in [1.29, 1.82) is 0 Å². The molecule has 0 radical (unpaired) electrons. The molecule has 2 aromatic heterocycles. The first-order valence-electron chi connectivity index (χ1n) is 19.3. The van der Waals surface area contributed by atoms with Crippen molar-refractivity contribution >= 4 is 38.8 Å². The largest absolute Gasteiger partial charge is 0.337 e. The molecule has 4 heteroatoms. The number of allylic oxidation sites excluding steroid dienone is 4. The van der Waals surface area contributed by atoms with E-state index in [-0.39, 0.29) is 0 Å². The van der Waals surface area contributed by atoms with Crippen molar-refractivity contribution in [2.75, 3.05) is 11.4 Å². The molecule has 3 heterocycles. The highest BCUT2D eigenvalue weighted by Crippen LogP contribution is 2.39. The summed E-state index contributed by atoms with van der Waals surface area (Å²) in [5, 5.41) is 2.30. The minimum absolute atomic E-state index is 0.632. The molecule has 0 saturated carbocycles. The summed E-state index contributed by atoms with van der Waals surface area (Å²) in [5.41, 5.74) is 15.2. The summed E-state index contributed by atoms with van der Waals surface area (Å²) in [6.45, 7) is 5.25. The van der Waals surface area contributed by atoms with Crippen LogP contribution in [0.25, 0.3) is 78.0 Å². The van der Waals surface area contributed by atoms with E-state index < -0.39 is 0 Å². The third-order valence-electron chi connectivity index (χ3n) is 10.8. The first kappa shape index (κ1) is 34.0. The second-order valence-electron chi connectivity index (χ2n) is 14.3. The average Bonchev–Trinajstić information content (AvgIpc) is 3.65. The van der Waals surface area contributed by atoms with Gasteiger partial charge in [-0.2, -0.15) is 0 Å². The van der Waals surface area contributed by atoms with Crippen LogP contribution in [-0.4, -0.2) is 21.1 Å². The standard InChI is InChI=1S/C53H38N4/c1-37-16-6-5-15-31-56(45-21-11-4-12-22-45)50-27-25-40(35-47(37)50)41-26-28-52-48(36-41)46-23-13-14-24-51(46)57(52)53-54-30-29-49(55-53)44-33-42(38-17-7-2-8-18-38)32-43(34-44)39-19-9-3-10-20-39/h2-30,32-36H,1,31H2/b15-5-,16-6-. The van der Waals surface area contributed by atoms with Crippen LogP contribution < -0.4 is 4.90 Å². The van der Waals surface area contributed by atoms with Gasteiger partial charge in [0.15, 0.2) is 0 Å². The van der Waals surface area contributed by atoms with Crippen LogP contribution in [0.1, 0.15) is 5.56 Å². The van der Waals surface area contributed by atoms with Crippen molar-refractivity contribution < 1.29 is 0 Å². The maximum atomic E-state index is 5.27. The van der Waals surface area contributed by atoms with E-state index in [0.717, 1.165) is 95.5 Å². The first-order valence-corrected chi connectivity index (χ1v) is 19.3. The Kier molecular flexibility index (Phi) is 8.69. The van der Waals surface area contributed by atoms with Gasteiger partial charge < -0.3 is 4.90 Å². The van der Waals surface area contributed by atoms with Gasteiger partial charge >= 0.3 is 0 Å². The highest BCUT2D eigenvalue weighted by atomic mass is 15.2. The van der Waals surface area contributed by atoms with Gasteiger partial charge in [0.05, 0.1) is 16.7 Å². The quantitative estimate of drug-likeness (QED) is 0.171. The number of hydrogen-bond acceptors (Lipinski definition) is 3. The minimum atomic E-state index is 0.632. The molecule has 0 atom stereocenters. The maximum Gasteiger partial charge on any atom is 0.235 e. The van der Waals surface area contributed by atoms with E-state index in [4.69, 9.17) is 9.97 Å². The van der Waals surface area contributed by atoms with Crippen molar-refractivity contribution in [2.45, 2.75) is 0 Å². The number of para-hydroxylation sites is 2. The molecule has 0 fully saturated rings. The Morgan fingerprint density at radius 2 is 1.12 bits per heavy atom. The van der Waals surface area contributed by atoms with Crippen molar-refractivity contribution in [3.63, 3.8) is 0 Å². The predicted octanol–water partition coefficient (Wildman–Crippen LogP) is 13.5. The number of benzene rings is 7. The highest BCUT2D eigenvalue weighted by molar-refractivity contribution is 6.10. The van der Waals surface area contributed by atoms with E-state index >= 15 is 0 Å². The molecule has 0 amide bonds. The second kappa shape index (κ2) is 14.6. The normalized spacial score (nSPS) is 13.8. The van der Waals surface area contributed by atoms with Crippen LogP contribution in [0.3, 0.4) is 0 Å². The van der Waals surface area contributed by atoms with E-state index in [1.807, 2.05) is 12.3 Å². The lowest BCUT2D eigenvalue weighted by Gasteiger charge is -2.27. The molecule has 0 N–H and O–H groups in total. The van der Waals surface area contributed by atoms with E-state index in [2.05, 4.69) is 210 Å². The molecule has 4 nitrogen and oxygen atoms in total. The molecule has 10 rings (SSSR count).